The Balaban J connectivity index is 1.78. The van der Waals surface area contributed by atoms with E-state index in [0.717, 1.165) is 35.7 Å². The third-order valence-electron chi connectivity index (χ3n) is 5.53. The number of H-pyrrole nitrogens is 1. The molecule has 8 heteroatoms. The Bertz CT molecular complexity index is 1040. The minimum Gasteiger partial charge on any atom is -0.468 e. The summed E-state index contributed by atoms with van der Waals surface area (Å²) in [6, 6.07) is 3.77. The van der Waals surface area contributed by atoms with Crippen molar-refractivity contribution in [2.24, 2.45) is 7.05 Å². The molecule has 1 amide bonds. The van der Waals surface area contributed by atoms with Gasteiger partial charge in [-0.3, -0.25) is 24.3 Å². The molecule has 0 aliphatic heterocycles. The topological polar surface area (TPSA) is 96.2 Å². The van der Waals surface area contributed by atoms with E-state index in [1.807, 2.05) is 26.0 Å². The van der Waals surface area contributed by atoms with E-state index in [1.165, 1.54) is 0 Å². The number of likely N-dealkylation sites (N-methyl/N-ethyl adjacent to an activating group) is 1. The number of aromatic nitrogens is 3. The second kappa shape index (κ2) is 8.65. The van der Waals surface area contributed by atoms with E-state index < -0.39 is 0 Å². The Morgan fingerprint density at radius 1 is 1.34 bits per heavy atom. The molecule has 0 aromatic carbocycles. The maximum atomic E-state index is 12.7. The number of nitrogens with zero attached hydrogens (tertiary/aromatic N) is 3. The van der Waals surface area contributed by atoms with Gasteiger partial charge < -0.3 is 9.73 Å². The maximum absolute atomic E-state index is 12.7. The number of hydrogen-bond acceptors (Lipinski definition) is 5. The zero-order valence-electron chi connectivity index (χ0n) is 17.7. The van der Waals surface area contributed by atoms with Crippen LogP contribution in [0.15, 0.2) is 27.6 Å². The normalized spacial score (nSPS) is 12.6. The highest BCUT2D eigenvalue weighted by Crippen LogP contribution is 2.22. The lowest BCUT2D eigenvalue weighted by atomic mass is 10.0. The Hall–Kier alpha value is -2.87. The Labute approximate surface area is 169 Å². The molecule has 8 nitrogen and oxygen atoms in total. The molecular formula is C21H29N5O3. The number of carbonyl (C=O) groups is 1. The number of aromatic amines is 1. The summed E-state index contributed by atoms with van der Waals surface area (Å²) in [6.45, 7) is 10.1. The van der Waals surface area contributed by atoms with Gasteiger partial charge in [-0.25, -0.2) is 4.98 Å². The molecule has 2 N–H and O–H groups in total. The second-order valence-electron chi connectivity index (χ2n) is 7.23. The van der Waals surface area contributed by atoms with Gasteiger partial charge in [0.15, 0.2) is 5.65 Å². The molecule has 29 heavy (non-hydrogen) atoms. The van der Waals surface area contributed by atoms with E-state index >= 15 is 0 Å². The van der Waals surface area contributed by atoms with Gasteiger partial charge in [0.1, 0.15) is 5.76 Å². The van der Waals surface area contributed by atoms with E-state index in [0.29, 0.717) is 17.6 Å². The number of nitrogens with one attached hydrogen (secondary N) is 2. The van der Waals surface area contributed by atoms with Gasteiger partial charge in [-0.2, -0.15) is 0 Å². The number of amides is 1. The molecule has 0 aliphatic carbocycles. The first-order chi connectivity index (χ1) is 13.9. The molecule has 3 aromatic rings. The largest absolute Gasteiger partial charge is 0.468 e. The van der Waals surface area contributed by atoms with E-state index in [1.54, 1.807) is 18.0 Å². The van der Waals surface area contributed by atoms with Crippen molar-refractivity contribution in [3.05, 3.63) is 51.3 Å². The average molecular weight is 399 g/mol. The van der Waals surface area contributed by atoms with E-state index in [2.05, 4.69) is 34.1 Å². The van der Waals surface area contributed by atoms with E-state index in [9.17, 15) is 9.59 Å². The molecule has 3 heterocycles. The highest BCUT2D eigenvalue weighted by atomic mass is 16.3. The van der Waals surface area contributed by atoms with Crippen LogP contribution < -0.4 is 10.9 Å². The molecule has 1 unspecified atom stereocenters. The van der Waals surface area contributed by atoms with Crippen LogP contribution in [0.1, 0.15) is 42.5 Å². The highest BCUT2D eigenvalue weighted by Gasteiger charge is 2.22. The molecular weight excluding hydrogens is 370 g/mol. The molecule has 0 bridgehead atoms. The number of aryl methyl sites for hydroxylation is 3. The fourth-order valence-electron chi connectivity index (χ4n) is 3.90. The van der Waals surface area contributed by atoms with Crippen LogP contribution in [0.5, 0.6) is 0 Å². The fourth-order valence-corrected chi connectivity index (χ4v) is 3.90. The van der Waals surface area contributed by atoms with Crippen molar-refractivity contribution in [3.63, 3.8) is 0 Å². The number of pyridine rings is 1. The molecule has 3 aromatic heterocycles. The second-order valence-corrected chi connectivity index (χ2v) is 7.23. The van der Waals surface area contributed by atoms with Gasteiger partial charge in [-0.1, -0.05) is 13.8 Å². The summed E-state index contributed by atoms with van der Waals surface area (Å²) in [5.41, 5.74) is 2.77. The third-order valence-corrected chi connectivity index (χ3v) is 5.53. The monoisotopic (exact) mass is 399 g/mol. The third kappa shape index (κ3) is 4.12. The lowest BCUT2D eigenvalue weighted by Gasteiger charge is -2.28. The summed E-state index contributed by atoms with van der Waals surface area (Å²) in [5, 5.41) is 6.30. The van der Waals surface area contributed by atoms with Crippen molar-refractivity contribution in [1.29, 1.82) is 0 Å². The molecule has 0 spiro atoms. The first-order valence-electron chi connectivity index (χ1n) is 9.96. The first kappa shape index (κ1) is 20.9. The minimum atomic E-state index is -0.187. The molecule has 3 rings (SSSR count). The Morgan fingerprint density at radius 2 is 2.07 bits per heavy atom. The van der Waals surface area contributed by atoms with Crippen LogP contribution in [0.25, 0.3) is 11.0 Å². The van der Waals surface area contributed by atoms with Crippen LogP contribution >= 0.6 is 0 Å². The number of rotatable bonds is 8. The molecule has 0 aliphatic rings. The SMILES string of the molecule is CCN(CC)C(CNC(=O)Cc1c(C)nc2c(c1C)c(=O)[nH]n2C)c1ccco1. The maximum Gasteiger partial charge on any atom is 0.273 e. The zero-order chi connectivity index (χ0) is 21.1. The molecule has 1 atom stereocenters. The van der Waals surface area contributed by atoms with Gasteiger partial charge in [0.2, 0.25) is 5.91 Å². The van der Waals surface area contributed by atoms with Gasteiger partial charge in [0.25, 0.3) is 5.56 Å². The molecule has 0 saturated carbocycles. The summed E-state index contributed by atoms with van der Waals surface area (Å²) >= 11 is 0. The average Bonchev–Trinajstić information content (AvgIpc) is 3.30. The summed E-state index contributed by atoms with van der Waals surface area (Å²) in [7, 11) is 1.75. The first-order valence-corrected chi connectivity index (χ1v) is 9.96. The number of carbonyl (C=O) groups excluding carboxylic acids is 1. The van der Waals surface area contributed by atoms with E-state index in [4.69, 9.17) is 4.42 Å². The highest BCUT2D eigenvalue weighted by molar-refractivity contribution is 5.84. The minimum absolute atomic E-state index is 0.0243. The summed E-state index contributed by atoms with van der Waals surface area (Å²) in [6.07, 6.45) is 1.83. The van der Waals surface area contributed by atoms with Crippen molar-refractivity contribution in [3.8, 4) is 0 Å². The van der Waals surface area contributed by atoms with Crippen LogP contribution in [0, 0.1) is 13.8 Å². The lowest BCUT2D eigenvalue weighted by Crippen LogP contribution is -2.38. The van der Waals surface area contributed by atoms with Gasteiger partial charge in [0, 0.05) is 19.3 Å². The molecule has 0 saturated heterocycles. The van der Waals surface area contributed by atoms with Crippen LogP contribution in [0.2, 0.25) is 0 Å². The van der Waals surface area contributed by atoms with E-state index in [-0.39, 0.29) is 23.9 Å². The standard InChI is InChI=1S/C21H29N5O3/c1-6-26(7-2)16(17-9-8-10-29-17)12-22-18(27)11-15-13(3)19-20(23-14(15)4)25(5)24-21(19)28/h8-10,16H,6-7,11-12H2,1-5H3,(H,22,27)(H,24,28). The number of hydrogen-bond donors (Lipinski definition) is 2. The predicted molar refractivity (Wildman–Crippen MR) is 112 cm³/mol. The number of furan rings is 1. The van der Waals surface area contributed by atoms with Crippen molar-refractivity contribution >= 4 is 16.9 Å². The lowest BCUT2D eigenvalue weighted by molar-refractivity contribution is -0.120. The van der Waals surface area contributed by atoms with Gasteiger partial charge in [-0.15, -0.1) is 0 Å². The van der Waals surface area contributed by atoms with Crippen LogP contribution in [0.3, 0.4) is 0 Å². The summed E-state index contributed by atoms with van der Waals surface area (Å²) in [5.74, 6) is 0.730. The van der Waals surface area contributed by atoms with Crippen molar-refractivity contribution in [1.82, 2.24) is 25.0 Å². The fraction of sp³-hybridized carbons (Fsp3) is 0.476. The smallest absolute Gasteiger partial charge is 0.273 e. The predicted octanol–water partition coefficient (Wildman–Crippen LogP) is 2.21. The molecule has 156 valence electrons. The number of fused-ring (bicyclic) bond motifs is 1. The summed E-state index contributed by atoms with van der Waals surface area (Å²) in [4.78, 5) is 31.7. The van der Waals surface area contributed by atoms with Gasteiger partial charge in [0.05, 0.1) is 24.1 Å². The van der Waals surface area contributed by atoms with Crippen LogP contribution in [-0.2, 0) is 18.3 Å². The van der Waals surface area contributed by atoms with Gasteiger partial charge in [-0.05, 0) is 50.2 Å². The Morgan fingerprint density at radius 3 is 2.69 bits per heavy atom. The van der Waals surface area contributed by atoms with Crippen molar-refractivity contribution in [2.75, 3.05) is 19.6 Å². The summed E-state index contributed by atoms with van der Waals surface area (Å²) < 4.78 is 7.20. The zero-order valence-corrected chi connectivity index (χ0v) is 17.7. The van der Waals surface area contributed by atoms with Crippen LogP contribution in [-0.4, -0.2) is 45.2 Å². The Kier molecular flexibility index (Phi) is 6.22. The molecule has 0 radical (unpaired) electrons. The quantitative estimate of drug-likeness (QED) is 0.605. The molecule has 0 fully saturated rings. The van der Waals surface area contributed by atoms with Crippen LogP contribution in [0.4, 0.5) is 0 Å². The van der Waals surface area contributed by atoms with Crippen molar-refractivity contribution < 1.29 is 9.21 Å². The van der Waals surface area contributed by atoms with Crippen molar-refractivity contribution in [2.45, 2.75) is 40.2 Å². The van der Waals surface area contributed by atoms with Gasteiger partial charge >= 0.3 is 0 Å².